The standard InChI is InChI=1S/C20H24O7/c1-8-6-18-7-19(8,24)5-4-9(18)20-12(10(18)15(22)25-3)17(2,16(23)27-20)14-11(26-14)13(20)21/h9-14,21,24H,1,4-7H2,2-3H3/t9-,10-,11+,12-,13-,14+,17-,18+,19+,20-/m1/s1. The molecule has 0 amide bonds. The molecule has 6 aliphatic rings. The molecule has 7 heteroatoms. The van der Waals surface area contributed by atoms with Crippen LogP contribution in [0.5, 0.6) is 0 Å². The fraction of sp³-hybridized carbons (Fsp3) is 0.800. The van der Waals surface area contributed by atoms with Gasteiger partial charge < -0.3 is 24.4 Å². The van der Waals surface area contributed by atoms with Crippen LogP contribution >= 0.6 is 0 Å². The number of carbonyl (C=O) groups excluding carboxylic acids is 2. The van der Waals surface area contributed by atoms with E-state index in [-0.39, 0.29) is 5.92 Å². The average Bonchev–Trinajstić information content (AvgIpc) is 3.31. The van der Waals surface area contributed by atoms with Crippen molar-refractivity contribution in [3.63, 3.8) is 0 Å². The SMILES string of the molecule is C=C1C[C@]23C[C@@]1(O)CC[C@H]2[C@@]12OC(=O)[C@](C)([C@H]1[C@@H]3C(=O)OC)[C@H]1O[C@H]1[C@H]2O. The summed E-state index contributed by atoms with van der Waals surface area (Å²) >= 11 is 0. The van der Waals surface area contributed by atoms with Crippen LogP contribution in [0.1, 0.15) is 32.6 Å². The Morgan fingerprint density at radius 1 is 1.41 bits per heavy atom. The second kappa shape index (κ2) is 4.26. The van der Waals surface area contributed by atoms with Crippen molar-refractivity contribution < 1.29 is 34.0 Å². The summed E-state index contributed by atoms with van der Waals surface area (Å²) < 4.78 is 16.9. The minimum atomic E-state index is -1.16. The molecule has 2 saturated heterocycles. The monoisotopic (exact) mass is 376 g/mol. The molecule has 0 aromatic carbocycles. The van der Waals surface area contributed by atoms with Crippen LogP contribution in [0.4, 0.5) is 0 Å². The van der Waals surface area contributed by atoms with Crippen molar-refractivity contribution in [1.82, 2.24) is 0 Å². The molecular formula is C20H24O7. The molecular weight excluding hydrogens is 352 g/mol. The average molecular weight is 376 g/mol. The molecule has 10 atom stereocenters. The molecule has 6 fully saturated rings. The number of ether oxygens (including phenoxy) is 3. The largest absolute Gasteiger partial charge is 0.469 e. The van der Waals surface area contributed by atoms with Gasteiger partial charge in [-0.25, -0.2) is 0 Å². The maximum atomic E-state index is 13.1. The molecule has 0 unspecified atom stereocenters. The van der Waals surface area contributed by atoms with Crippen LogP contribution in [0, 0.1) is 28.6 Å². The lowest BCUT2D eigenvalue weighted by Crippen LogP contribution is -2.59. The van der Waals surface area contributed by atoms with E-state index in [0.717, 1.165) is 5.57 Å². The van der Waals surface area contributed by atoms with E-state index in [0.29, 0.717) is 25.7 Å². The van der Waals surface area contributed by atoms with Gasteiger partial charge in [0.15, 0.2) is 0 Å². The Hall–Kier alpha value is -1.44. The van der Waals surface area contributed by atoms with E-state index >= 15 is 0 Å². The summed E-state index contributed by atoms with van der Waals surface area (Å²) in [6, 6.07) is 0. The van der Waals surface area contributed by atoms with Gasteiger partial charge in [0, 0.05) is 11.8 Å². The molecule has 1 spiro atoms. The van der Waals surface area contributed by atoms with E-state index in [4.69, 9.17) is 14.2 Å². The second-order valence-electron chi connectivity index (χ2n) is 9.78. The van der Waals surface area contributed by atoms with E-state index in [9.17, 15) is 19.8 Å². The van der Waals surface area contributed by atoms with Crippen molar-refractivity contribution in [2.75, 3.05) is 7.11 Å². The van der Waals surface area contributed by atoms with Crippen LogP contribution in [-0.4, -0.2) is 58.8 Å². The predicted molar refractivity (Wildman–Crippen MR) is 89.1 cm³/mol. The number of fused-ring (bicyclic) bond motifs is 3. The minimum absolute atomic E-state index is 0.232. The third-order valence-electron chi connectivity index (χ3n) is 9.05. The lowest BCUT2D eigenvalue weighted by molar-refractivity contribution is -0.180. The number of methoxy groups -OCH3 is 1. The molecule has 146 valence electrons. The van der Waals surface area contributed by atoms with Gasteiger partial charge >= 0.3 is 11.9 Å². The van der Waals surface area contributed by atoms with E-state index in [1.165, 1.54) is 7.11 Å². The maximum Gasteiger partial charge on any atom is 0.315 e. The molecule has 7 nitrogen and oxygen atoms in total. The number of esters is 2. The Labute approximate surface area is 156 Å². The van der Waals surface area contributed by atoms with Gasteiger partial charge in [0.1, 0.15) is 29.3 Å². The number of carbonyl (C=O) groups is 2. The molecule has 4 saturated carbocycles. The molecule has 0 radical (unpaired) electrons. The summed E-state index contributed by atoms with van der Waals surface area (Å²) in [7, 11) is 1.35. The molecule has 2 N–H and O–H groups in total. The first-order valence-electron chi connectivity index (χ1n) is 9.72. The van der Waals surface area contributed by atoms with Gasteiger partial charge in [-0.15, -0.1) is 0 Å². The Bertz CT molecular complexity index is 823. The molecule has 4 aliphatic carbocycles. The molecule has 0 aromatic heterocycles. The van der Waals surface area contributed by atoms with Gasteiger partial charge in [0.2, 0.25) is 0 Å². The second-order valence-corrected chi connectivity index (χ2v) is 9.78. The zero-order valence-electron chi connectivity index (χ0n) is 15.4. The van der Waals surface area contributed by atoms with E-state index < -0.39 is 64.1 Å². The van der Waals surface area contributed by atoms with Crippen molar-refractivity contribution in [1.29, 1.82) is 0 Å². The lowest BCUT2D eigenvalue weighted by atomic mass is 9.59. The number of rotatable bonds is 1. The summed E-state index contributed by atoms with van der Waals surface area (Å²) in [5, 5.41) is 22.3. The number of epoxide rings is 1. The number of hydrogen-bond donors (Lipinski definition) is 2. The first-order valence-corrected chi connectivity index (χ1v) is 9.72. The minimum Gasteiger partial charge on any atom is -0.469 e. The molecule has 27 heavy (non-hydrogen) atoms. The third-order valence-corrected chi connectivity index (χ3v) is 9.05. The van der Waals surface area contributed by atoms with Gasteiger partial charge in [-0.1, -0.05) is 6.58 Å². The van der Waals surface area contributed by atoms with Crippen LogP contribution in [-0.2, 0) is 23.8 Å². The van der Waals surface area contributed by atoms with Gasteiger partial charge in [0.05, 0.1) is 18.6 Å². The van der Waals surface area contributed by atoms with Crippen LogP contribution in [0.15, 0.2) is 12.2 Å². The van der Waals surface area contributed by atoms with Gasteiger partial charge in [-0.3, -0.25) is 9.59 Å². The molecule has 4 bridgehead atoms. The normalized spacial score (nSPS) is 61.8. The highest BCUT2D eigenvalue weighted by atomic mass is 16.6. The third kappa shape index (κ3) is 1.40. The zero-order valence-corrected chi connectivity index (χ0v) is 15.4. The Morgan fingerprint density at radius 2 is 2.15 bits per heavy atom. The first kappa shape index (κ1) is 16.5. The van der Waals surface area contributed by atoms with Crippen LogP contribution < -0.4 is 0 Å². The summed E-state index contributed by atoms with van der Waals surface area (Å²) in [5.74, 6) is -2.19. The fourth-order valence-corrected chi connectivity index (χ4v) is 8.09. The first-order chi connectivity index (χ1) is 12.7. The van der Waals surface area contributed by atoms with Gasteiger partial charge in [0.25, 0.3) is 0 Å². The Balaban J connectivity index is 1.63. The van der Waals surface area contributed by atoms with Crippen LogP contribution in [0.2, 0.25) is 0 Å². The highest BCUT2D eigenvalue weighted by Crippen LogP contribution is 2.80. The predicted octanol–water partition coefficient (Wildman–Crippen LogP) is 0.327. The van der Waals surface area contributed by atoms with Crippen molar-refractivity contribution in [2.24, 2.45) is 28.6 Å². The highest BCUT2D eigenvalue weighted by Gasteiger charge is 2.90. The topological polar surface area (TPSA) is 106 Å². The molecule has 6 rings (SSSR count). The summed E-state index contributed by atoms with van der Waals surface area (Å²) in [5.41, 5.74) is -3.02. The van der Waals surface area contributed by atoms with Crippen molar-refractivity contribution in [3.05, 3.63) is 12.2 Å². The van der Waals surface area contributed by atoms with Gasteiger partial charge in [-0.2, -0.15) is 0 Å². The number of aliphatic hydroxyl groups is 2. The fourth-order valence-electron chi connectivity index (χ4n) is 8.09. The Kier molecular flexibility index (Phi) is 2.61. The molecule has 2 aliphatic heterocycles. The van der Waals surface area contributed by atoms with Crippen LogP contribution in [0.25, 0.3) is 0 Å². The Morgan fingerprint density at radius 3 is 2.85 bits per heavy atom. The summed E-state index contributed by atoms with van der Waals surface area (Å²) in [4.78, 5) is 26.1. The van der Waals surface area contributed by atoms with E-state index in [2.05, 4.69) is 6.58 Å². The number of hydrogen-bond acceptors (Lipinski definition) is 7. The van der Waals surface area contributed by atoms with Crippen molar-refractivity contribution >= 4 is 11.9 Å². The van der Waals surface area contributed by atoms with Gasteiger partial charge in [-0.05, 0) is 43.6 Å². The molecule has 2 heterocycles. The zero-order chi connectivity index (χ0) is 19.1. The lowest BCUT2D eigenvalue weighted by Gasteiger charge is -2.46. The van der Waals surface area contributed by atoms with Crippen molar-refractivity contribution in [3.8, 4) is 0 Å². The quantitative estimate of drug-likeness (QED) is 0.386. The van der Waals surface area contributed by atoms with Crippen LogP contribution in [0.3, 0.4) is 0 Å². The van der Waals surface area contributed by atoms with E-state index in [1.54, 1.807) is 6.92 Å². The molecule has 0 aromatic rings. The summed E-state index contributed by atoms with van der Waals surface area (Å²) in [6.45, 7) is 5.90. The van der Waals surface area contributed by atoms with E-state index in [1.807, 2.05) is 0 Å². The smallest absolute Gasteiger partial charge is 0.315 e. The highest BCUT2D eigenvalue weighted by molar-refractivity contribution is 5.87. The maximum absolute atomic E-state index is 13.1. The number of aliphatic hydroxyl groups excluding tert-OH is 1. The van der Waals surface area contributed by atoms with Crippen molar-refractivity contribution in [2.45, 2.75) is 62.1 Å². The summed E-state index contributed by atoms with van der Waals surface area (Å²) in [6.07, 6.45) is 0.113.